The summed E-state index contributed by atoms with van der Waals surface area (Å²) in [4.78, 5) is 4.36. The van der Waals surface area contributed by atoms with Gasteiger partial charge < -0.3 is 15.8 Å². The second-order valence-corrected chi connectivity index (χ2v) is 4.95. The number of nitrogens with zero attached hydrogens (tertiary/aromatic N) is 1. The van der Waals surface area contributed by atoms with Crippen molar-refractivity contribution in [1.29, 1.82) is 0 Å². The summed E-state index contributed by atoms with van der Waals surface area (Å²) >= 11 is 0. The van der Waals surface area contributed by atoms with Crippen LogP contribution in [0.2, 0.25) is 0 Å². The van der Waals surface area contributed by atoms with E-state index in [4.69, 9.17) is 10.5 Å². The third-order valence-electron chi connectivity index (χ3n) is 3.06. The Labute approximate surface area is 148 Å². The molecular formula is C17H22IN3O. The molecule has 0 aromatic heterocycles. The van der Waals surface area contributed by atoms with Crippen molar-refractivity contribution in [3.8, 4) is 0 Å². The molecule has 0 aliphatic carbocycles. The number of methoxy groups -OCH3 is 1. The Kier molecular flexibility index (Phi) is 7.90. The van der Waals surface area contributed by atoms with Crippen LogP contribution >= 0.6 is 24.0 Å². The zero-order valence-corrected chi connectivity index (χ0v) is 15.2. The minimum Gasteiger partial charge on any atom is -0.380 e. The van der Waals surface area contributed by atoms with Crippen LogP contribution in [0.3, 0.4) is 0 Å². The predicted octanol–water partition coefficient (Wildman–Crippen LogP) is 3.69. The lowest BCUT2D eigenvalue weighted by Gasteiger charge is -2.06. The lowest BCUT2D eigenvalue weighted by Crippen LogP contribution is -2.22. The van der Waals surface area contributed by atoms with Gasteiger partial charge in [0, 0.05) is 12.8 Å². The molecule has 2 rings (SSSR count). The highest BCUT2D eigenvalue weighted by Gasteiger charge is 1.97. The largest absolute Gasteiger partial charge is 0.380 e. The lowest BCUT2D eigenvalue weighted by atomic mass is 10.1. The van der Waals surface area contributed by atoms with Gasteiger partial charge in [0.25, 0.3) is 0 Å². The van der Waals surface area contributed by atoms with Crippen molar-refractivity contribution >= 4 is 35.6 Å². The van der Waals surface area contributed by atoms with E-state index < -0.39 is 0 Å². The number of benzene rings is 2. The fourth-order valence-electron chi connectivity index (χ4n) is 1.99. The number of guanidine groups is 1. The first-order valence-electron chi connectivity index (χ1n) is 6.88. The van der Waals surface area contributed by atoms with E-state index in [2.05, 4.69) is 16.4 Å². The highest BCUT2D eigenvalue weighted by molar-refractivity contribution is 14.0. The molecule has 118 valence electrons. The summed E-state index contributed by atoms with van der Waals surface area (Å²) in [5.74, 6) is 0.413. The maximum Gasteiger partial charge on any atom is 0.193 e. The van der Waals surface area contributed by atoms with Gasteiger partial charge in [-0.2, -0.15) is 0 Å². The molecule has 0 fully saturated rings. The van der Waals surface area contributed by atoms with Crippen molar-refractivity contribution in [1.82, 2.24) is 0 Å². The molecule has 0 bridgehead atoms. The summed E-state index contributed by atoms with van der Waals surface area (Å²) in [7, 11) is 1.69. The molecule has 0 amide bonds. The van der Waals surface area contributed by atoms with Crippen LogP contribution in [0.15, 0.2) is 53.5 Å². The van der Waals surface area contributed by atoms with Gasteiger partial charge in [-0.1, -0.05) is 42.0 Å². The summed E-state index contributed by atoms with van der Waals surface area (Å²) < 4.78 is 5.12. The van der Waals surface area contributed by atoms with E-state index in [0.717, 1.165) is 16.8 Å². The van der Waals surface area contributed by atoms with Crippen LogP contribution in [0.5, 0.6) is 0 Å². The number of aryl methyl sites for hydroxylation is 1. The molecule has 0 aliphatic rings. The minimum absolute atomic E-state index is 0. The number of nitrogens with two attached hydrogens (primary N) is 1. The Morgan fingerprint density at radius 2 is 1.82 bits per heavy atom. The standard InChI is InChI=1S/C17H21N3O.HI/c1-13-6-8-16(9-7-13)20-17(18)19-11-14-4-3-5-15(10-14)12-21-2;/h3-10H,11-12H2,1-2H3,(H3,18,19,20);1H. The summed E-state index contributed by atoms with van der Waals surface area (Å²) in [6, 6.07) is 16.2. The topological polar surface area (TPSA) is 59.6 Å². The Hall–Kier alpha value is -1.60. The van der Waals surface area contributed by atoms with Gasteiger partial charge in [0.15, 0.2) is 5.96 Å². The Balaban J connectivity index is 0.00000242. The highest BCUT2D eigenvalue weighted by Crippen LogP contribution is 2.09. The van der Waals surface area contributed by atoms with Crippen molar-refractivity contribution in [2.45, 2.75) is 20.1 Å². The van der Waals surface area contributed by atoms with E-state index in [9.17, 15) is 0 Å². The zero-order chi connectivity index (χ0) is 15.1. The third kappa shape index (κ3) is 6.03. The first-order chi connectivity index (χ1) is 10.2. The average Bonchev–Trinajstić information content (AvgIpc) is 2.48. The number of rotatable bonds is 5. The quantitative estimate of drug-likeness (QED) is 0.448. The van der Waals surface area contributed by atoms with Crippen molar-refractivity contribution in [2.75, 3.05) is 12.4 Å². The molecule has 0 aliphatic heterocycles. The van der Waals surface area contributed by atoms with Crippen LogP contribution in [-0.2, 0) is 17.9 Å². The number of hydrogen-bond acceptors (Lipinski definition) is 2. The molecule has 2 aromatic carbocycles. The molecule has 3 N–H and O–H groups in total. The molecule has 0 radical (unpaired) electrons. The second kappa shape index (κ2) is 9.42. The highest BCUT2D eigenvalue weighted by atomic mass is 127. The van der Waals surface area contributed by atoms with E-state index in [1.54, 1.807) is 7.11 Å². The number of anilines is 1. The van der Waals surface area contributed by atoms with Gasteiger partial charge in [-0.3, -0.25) is 0 Å². The molecule has 0 heterocycles. The molecule has 2 aromatic rings. The van der Waals surface area contributed by atoms with Crippen LogP contribution in [0.4, 0.5) is 5.69 Å². The van der Waals surface area contributed by atoms with E-state index in [0.29, 0.717) is 19.1 Å². The van der Waals surface area contributed by atoms with Gasteiger partial charge >= 0.3 is 0 Å². The Morgan fingerprint density at radius 3 is 2.50 bits per heavy atom. The maximum absolute atomic E-state index is 5.90. The summed E-state index contributed by atoms with van der Waals surface area (Å²) in [6.45, 7) is 3.20. The minimum atomic E-state index is 0. The Bertz CT molecular complexity index is 612. The number of aliphatic imine (C=N–C) groups is 1. The summed E-state index contributed by atoms with van der Waals surface area (Å²) in [6.07, 6.45) is 0. The van der Waals surface area contributed by atoms with Gasteiger partial charge in [-0.05, 0) is 30.2 Å². The monoisotopic (exact) mass is 411 g/mol. The fraction of sp³-hybridized carbons (Fsp3) is 0.235. The Morgan fingerprint density at radius 1 is 1.14 bits per heavy atom. The molecule has 5 heteroatoms. The summed E-state index contributed by atoms with van der Waals surface area (Å²) in [5.41, 5.74) is 10.3. The van der Waals surface area contributed by atoms with Crippen LogP contribution in [0.1, 0.15) is 16.7 Å². The lowest BCUT2D eigenvalue weighted by molar-refractivity contribution is 0.185. The van der Waals surface area contributed by atoms with Gasteiger partial charge in [0.1, 0.15) is 0 Å². The first-order valence-corrected chi connectivity index (χ1v) is 6.88. The molecule has 0 spiro atoms. The first kappa shape index (κ1) is 18.4. The number of halogens is 1. The van der Waals surface area contributed by atoms with Crippen LogP contribution in [-0.4, -0.2) is 13.1 Å². The van der Waals surface area contributed by atoms with Gasteiger partial charge in [-0.15, -0.1) is 24.0 Å². The van der Waals surface area contributed by atoms with E-state index >= 15 is 0 Å². The maximum atomic E-state index is 5.90. The molecule has 0 atom stereocenters. The smallest absolute Gasteiger partial charge is 0.193 e. The van der Waals surface area contributed by atoms with Crippen molar-refractivity contribution < 1.29 is 4.74 Å². The van der Waals surface area contributed by atoms with E-state index in [1.807, 2.05) is 49.4 Å². The van der Waals surface area contributed by atoms with Gasteiger partial charge in [0.05, 0.1) is 13.2 Å². The van der Waals surface area contributed by atoms with E-state index in [-0.39, 0.29) is 24.0 Å². The van der Waals surface area contributed by atoms with Crippen LogP contribution < -0.4 is 11.1 Å². The van der Waals surface area contributed by atoms with Crippen molar-refractivity contribution in [3.05, 3.63) is 65.2 Å². The normalized spacial score (nSPS) is 10.9. The molecular weight excluding hydrogens is 389 g/mol. The molecule has 0 saturated carbocycles. The van der Waals surface area contributed by atoms with Gasteiger partial charge in [-0.25, -0.2) is 4.99 Å². The summed E-state index contributed by atoms with van der Waals surface area (Å²) in [5, 5.41) is 3.08. The van der Waals surface area contributed by atoms with Gasteiger partial charge in [0.2, 0.25) is 0 Å². The third-order valence-corrected chi connectivity index (χ3v) is 3.06. The van der Waals surface area contributed by atoms with Crippen molar-refractivity contribution in [3.63, 3.8) is 0 Å². The zero-order valence-electron chi connectivity index (χ0n) is 12.9. The molecule has 4 nitrogen and oxygen atoms in total. The number of ether oxygens (including phenoxy) is 1. The second-order valence-electron chi connectivity index (χ2n) is 4.95. The molecule has 0 saturated heterocycles. The van der Waals surface area contributed by atoms with Crippen molar-refractivity contribution in [2.24, 2.45) is 10.7 Å². The fourth-order valence-corrected chi connectivity index (χ4v) is 1.99. The van der Waals surface area contributed by atoms with Crippen LogP contribution in [0.25, 0.3) is 0 Å². The van der Waals surface area contributed by atoms with E-state index in [1.165, 1.54) is 5.56 Å². The van der Waals surface area contributed by atoms with Crippen LogP contribution in [0, 0.1) is 6.92 Å². The predicted molar refractivity (Wildman–Crippen MR) is 103 cm³/mol. The molecule has 22 heavy (non-hydrogen) atoms. The number of hydrogen-bond donors (Lipinski definition) is 2. The molecule has 0 unspecified atom stereocenters. The number of nitrogens with one attached hydrogen (secondary N) is 1. The average molecular weight is 411 g/mol. The SMILES string of the molecule is COCc1cccc(CN=C(N)Nc2ccc(C)cc2)c1.I.